The molecule has 0 aliphatic heterocycles. The van der Waals surface area contributed by atoms with Crippen LogP contribution in [0.25, 0.3) is 28.2 Å². The van der Waals surface area contributed by atoms with Gasteiger partial charge in [0.2, 0.25) is 0 Å². The minimum Gasteiger partial charge on any atom is -0.384 e. The second-order valence-corrected chi connectivity index (χ2v) is 9.65. The number of halogens is 2. The number of imidazole rings is 1. The van der Waals surface area contributed by atoms with E-state index in [4.69, 9.17) is 23.2 Å². The minimum atomic E-state index is -2.65. The molecule has 0 aliphatic carbocycles. The van der Waals surface area contributed by atoms with Crippen LogP contribution in [0.5, 0.6) is 0 Å². The Morgan fingerprint density at radius 1 is 0.938 bits per heavy atom. The number of benzene rings is 3. The lowest BCUT2D eigenvalue weighted by Crippen LogP contribution is -2.15. The fraction of sp³-hybridized carbons (Fsp3) is 0.125. The standard InChI is InChI=1S/C24H20Cl2N2O3S/c1-24(2,29)21-14-28(23(27-21)19-7-4-8-20(25)22(19)26)17-11-9-15(10-12-17)16-5-3-6-18(13-16)32(30)31/h3-14,29,32H,1-2H3. The van der Waals surface area contributed by atoms with Gasteiger partial charge in [-0.3, -0.25) is 4.57 Å². The van der Waals surface area contributed by atoms with Crippen LogP contribution in [-0.4, -0.2) is 23.1 Å². The van der Waals surface area contributed by atoms with E-state index in [-0.39, 0.29) is 4.90 Å². The first-order valence-electron chi connectivity index (χ1n) is 9.77. The molecule has 0 fully saturated rings. The molecule has 0 spiro atoms. The van der Waals surface area contributed by atoms with Crippen LogP contribution in [0.15, 0.2) is 77.8 Å². The molecule has 0 saturated heterocycles. The normalized spacial score (nSPS) is 11.8. The quantitative estimate of drug-likeness (QED) is 0.354. The number of aliphatic hydroxyl groups is 1. The van der Waals surface area contributed by atoms with E-state index in [1.165, 1.54) is 0 Å². The van der Waals surface area contributed by atoms with Gasteiger partial charge in [-0.1, -0.05) is 53.5 Å². The van der Waals surface area contributed by atoms with E-state index in [1.54, 1.807) is 50.4 Å². The lowest BCUT2D eigenvalue weighted by Gasteiger charge is -2.13. The van der Waals surface area contributed by atoms with Gasteiger partial charge in [0, 0.05) is 17.4 Å². The van der Waals surface area contributed by atoms with Gasteiger partial charge in [-0.2, -0.15) is 0 Å². The van der Waals surface area contributed by atoms with Crippen molar-refractivity contribution in [3.63, 3.8) is 0 Å². The van der Waals surface area contributed by atoms with E-state index in [2.05, 4.69) is 4.98 Å². The maximum absolute atomic E-state index is 11.3. The molecule has 4 rings (SSSR count). The maximum Gasteiger partial charge on any atom is 0.168 e. The van der Waals surface area contributed by atoms with Crippen LogP contribution in [0.2, 0.25) is 10.0 Å². The van der Waals surface area contributed by atoms with Crippen LogP contribution in [0.1, 0.15) is 19.5 Å². The third kappa shape index (κ3) is 4.45. The van der Waals surface area contributed by atoms with Crippen molar-refractivity contribution >= 4 is 33.9 Å². The Morgan fingerprint density at radius 3 is 2.28 bits per heavy atom. The van der Waals surface area contributed by atoms with E-state index in [0.29, 0.717) is 27.1 Å². The smallest absolute Gasteiger partial charge is 0.168 e. The summed E-state index contributed by atoms with van der Waals surface area (Å²) in [6.45, 7) is 3.33. The van der Waals surface area contributed by atoms with Crippen molar-refractivity contribution in [1.29, 1.82) is 0 Å². The minimum absolute atomic E-state index is 0.267. The number of hydrogen-bond donors (Lipinski definition) is 2. The van der Waals surface area contributed by atoms with Crippen molar-refractivity contribution in [2.24, 2.45) is 0 Å². The Hall–Kier alpha value is -2.64. The first-order chi connectivity index (χ1) is 15.1. The highest BCUT2D eigenvalue weighted by molar-refractivity contribution is 7.72. The Morgan fingerprint density at radius 2 is 1.62 bits per heavy atom. The summed E-state index contributed by atoms with van der Waals surface area (Å²) in [5.74, 6) is 0.549. The second kappa shape index (κ2) is 8.71. The highest BCUT2D eigenvalue weighted by Gasteiger charge is 2.24. The fourth-order valence-corrected chi connectivity index (χ4v) is 4.19. The summed E-state index contributed by atoms with van der Waals surface area (Å²) in [5, 5.41) is 11.3. The van der Waals surface area contributed by atoms with Gasteiger partial charge in [-0.05, 0) is 61.4 Å². The summed E-state index contributed by atoms with van der Waals surface area (Å²) in [6.07, 6.45) is 1.77. The van der Waals surface area contributed by atoms with Crippen LogP contribution in [0, 0.1) is 0 Å². The number of hydrogen-bond acceptors (Lipinski definition) is 4. The second-order valence-electron chi connectivity index (χ2n) is 7.83. The Bertz CT molecular complexity index is 1360. The van der Waals surface area contributed by atoms with Crippen molar-refractivity contribution < 1.29 is 13.5 Å². The molecule has 3 aromatic carbocycles. The van der Waals surface area contributed by atoms with Crippen molar-refractivity contribution in [3.8, 4) is 28.2 Å². The lowest BCUT2D eigenvalue weighted by atomic mass is 10.1. The molecule has 1 heterocycles. The van der Waals surface area contributed by atoms with Crippen LogP contribution in [0.4, 0.5) is 0 Å². The van der Waals surface area contributed by atoms with E-state index >= 15 is 0 Å². The topological polar surface area (TPSA) is 72.2 Å². The summed E-state index contributed by atoms with van der Waals surface area (Å²) in [7, 11) is -2.65. The van der Waals surface area contributed by atoms with E-state index in [1.807, 2.05) is 41.0 Å². The molecule has 32 heavy (non-hydrogen) atoms. The SMILES string of the molecule is CC(C)(O)c1cn(-c2ccc(-c3cccc([SH](=O)=O)c3)cc2)c(-c2cccc(Cl)c2Cl)n1. The van der Waals surface area contributed by atoms with Gasteiger partial charge in [0.05, 0.1) is 20.6 Å². The molecule has 0 unspecified atom stereocenters. The molecule has 1 N–H and O–H groups in total. The summed E-state index contributed by atoms with van der Waals surface area (Å²) >= 11 is 12.7. The molecule has 0 amide bonds. The Labute approximate surface area is 197 Å². The number of nitrogens with zero attached hydrogens (tertiary/aromatic N) is 2. The van der Waals surface area contributed by atoms with Gasteiger partial charge in [-0.15, -0.1) is 0 Å². The lowest BCUT2D eigenvalue weighted by molar-refractivity contribution is 0.0743. The average molecular weight is 487 g/mol. The summed E-state index contributed by atoms with van der Waals surface area (Å²) < 4.78 is 24.5. The molecule has 0 saturated carbocycles. The zero-order valence-electron chi connectivity index (χ0n) is 17.3. The van der Waals surface area contributed by atoms with Crippen LogP contribution in [0.3, 0.4) is 0 Å². The van der Waals surface area contributed by atoms with Crippen molar-refractivity contribution in [2.75, 3.05) is 0 Å². The van der Waals surface area contributed by atoms with E-state index in [0.717, 1.165) is 16.8 Å². The molecule has 0 bridgehead atoms. The first-order valence-corrected chi connectivity index (χ1v) is 11.7. The monoisotopic (exact) mass is 486 g/mol. The molecule has 4 aromatic rings. The summed E-state index contributed by atoms with van der Waals surface area (Å²) in [4.78, 5) is 4.91. The van der Waals surface area contributed by atoms with Crippen molar-refractivity contribution in [3.05, 3.63) is 88.7 Å². The van der Waals surface area contributed by atoms with Gasteiger partial charge in [0.15, 0.2) is 10.7 Å². The summed E-state index contributed by atoms with van der Waals surface area (Å²) in [5.41, 5.74) is 2.45. The number of aromatic nitrogens is 2. The largest absolute Gasteiger partial charge is 0.384 e. The first kappa shape index (κ1) is 22.6. The van der Waals surface area contributed by atoms with E-state index in [9.17, 15) is 13.5 Å². The molecule has 8 heteroatoms. The van der Waals surface area contributed by atoms with Crippen molar-refractivity contribution in [1.82, 2.24) is 9.55 Å². The molecule has 0 aliphatic rings. The molecule has 5 nitrogen and oxygen atoms in total. The van der Waals surface area contributed by atoms with Crippen LogP contribution >= 0.6 is 23.2 Å². The zero-order valence-corrected chi connectivity index (χ0v) is 19.7. The Balaban J connectivity index is 1.82. The third-order valence-electron chi connectivity index (χ3n) is 5.06. The molecule has 1 aromatic heterocycles. The average Bonchev–Trinajstić information content (AvgIpc) is 3.22. The van der Waals surface area contributed by atoms with Gasteiger partial charge in [-0.25, -0.2) is 13.4 Å². The van der Waals surface area contributed by atoms with Crippen LogP contribution < -0.4 is 0 Å². The highest BCUT2D eigenvalue weighted by Crippen LogP contribution is 2.36. The maximum atomic E-state index is 11.3. The molecular weight excluding hydrogens is 467 g/mol. The van der Waals surface area contributed by atoms with Crippen molar-refractivity contribution in [2.45, 2.75) is 24.3 Å². The fourth-order valence-electron chi connectivity index (χ4n) is 3.35. The third-order valence-corrected chi connectivity index (χ3v) is 6.58. The van der Waals surface area contributed by atoms with E-state index < -0.39 is 16.3 Å². The van der Waals surface area contributed by atoms with Crippen LogP contribution in [-0.2, 0) is 16.3 Å². The zero-order chi connectivity index (χ0) is 23.0. The molecule has 164 valence electrons. The number of thiol groups is 1. The predicted octanol–water partition coefficient (Wildman–Crippen LogP) is 5.71. The summed E-state index contributed by atoms with van der Waals surface area (Å²) in [6, 6.07) is 19.7. The van der Waals surface area contributed by atoms with Gasteiger partial charge < -0.3 is 5.11 Å². The Kier molecular flexibility index (Phi) is 6.14. The molecule has 0 radical (unpaired) electrons. The predicted molar refractivity (Wildman–Crippen MR) is 128 cm³/mol. The highest BCUT2D eigenvalue weighted by atomic mass is 35.5. The van der Waals surface area contributed by atoms with Gasteiger partial charge in [0.25, 0.3) is 0 Å². The molecule has 0 atom stereocenters. The van der Waals surface area contributed by atoms with Gasteiger partial charge in [0.1, 0.15) is 11.4 Å². The van der Waals surface area contributed by atoms with Gasteiger partial charge >= 0.3 is 0 Å². The number of rotatable bonds is 5. The molecular formula is C24H20Cl2N2O3S.